The Morgan fingerprint density at radius 1 is 1.28 bits per heavy atom. The van der Waals surface area contributed by atoms with Gasteiger partial charge < -0.3 is 10.2 Å². The van der Waals surface area contributed by atoms with Crippen molar-refractivity contribution in [3.05, 3.63) is 45.2 Å². The Morgan fingerprint density at radius 3 is 2.56 bits per heavy atom. The average molecular weight is 359 g/mol. The molecule has 3 rings (SSSR count). The third-order valence-corrected chi connectivity index (χ3v) is 5.00. The normalized spacial score (nSPS) is 12.2. The monoisotopic (exact) mass is 359 g/mol. The van der Waals surface area contributed by atoms with E-state index in [2.05, 4.69) is 9.97 Å². The highest BCUT2D eigenvalue weighted by molar-refractivity contribution is 7.20. The SMILES string of the molecule is Cc1c(C(=O)O)sc2nc(-c3ccccn3)n(C(C)C(=O)O)c(=O)c12. The van der Waals surface area contributed by atoms with Crippen molar-refractivity contribution in [3.8, 4) is 11.5 Å². The summed E-state index contributed by atoms with van der Waals surface area (Å²) in [6.45, 7) is 2.88. The van der Waals surface area contributed by atoms with Crippen molar-refractivity contribution in [2.75, 3.05) is 0 Å². The summed E-state index contributed by atoms with van der Waals surface area (Å²) < 4.78 is 1.04. The van der Waals surface area contributed by atoms with E-state index >= 15 is 0 Å². The molecule has 0 spiro atoms. The highest BCUT2D eigenvalue weighted by atomic mass is 32.1. The molecule has 2 N–H and O–H groups in total. The number of hydrogen-bond donors (Lipinski definition) is 2. The van der Waals surface area contributed by atoms with Gasteiger partial charge in [-0.2, -0.15) is 0 Å². The molecule has 128 valence electrons. The molecule has 0 aromatic carbocycles. The van der Waals surface area contributed by atoms with Gasteiger partial charge >= 0.3 is 11.9 Å². The lowest BCUT2D eigenvalue weighted by atomic mass is 10.2. The maximum Gasteiger partial charge on any atom is 0.346 e. The minimum Gasteiger partial charge on any atom is -0.480 e. The second kappa shape index (κ2) is 6.10. The van der Waals surface area contributed by atoms with Crippen LogP contribution in [0.25, 0.3) is 21.7 Å². The van der Waals surface area contributed by atoms with Crippen LogP contribution in [-0.2, 0) is 4.79 Å². The summed E-state index contributed by atoms with van der Waals surface area (Å²) in [7, 11) is 0. The number of carboxylic acid groups (broad SMARTS) is 2. The summed E-state index contributed by atoms with van der Waals surface area (Å²) in [5.74, 6) is -2.27. The van der Waals surface area contributed by atoms with Crippen LogP contribution < -0.4 is 5.56 Å². The Morgan fingerprint density at radius 2 is 2.00 bits per heavy atom. The zero-order valence-corrected chi connectivity index (χ0v) is 14.1. The van der Waals surface area contributed by atoms with Gasteiger partial charge in [0, 0.05) is 6.20 Å². The van der Waals surface area contributed by atoms with Gasteiger partial charge in [0.25, 0.3) is 5.56 Å². The predicted octanol–water partition coefficient (Wildman–Crippen LogP) is 2.17. The quantitative estimate of drug-likeness (QED) is 0.732. The lowest BCUT2D eigenvalue weighted by Gasteiger charge is -2.15. The summed E-state index contributed by atoms with van der Waals surface area (Å²) >= 11 is 0.885. The fourth-order valence-corrected chi connectivity index (χ4v) is 3.56. The van der Waals surface area contributed by atoms with E-state index in [4.69, 9.17) is 0 Å². The number of fused-ring (bicyclic) bond motifs is 1. The van der Waals surface area contributed by atoms with E-state index in [0.717, 1.165) is 15.9 Å². The number of aromatic nitrogens is 3. The highest BCUT2D eigenvalue weighted by Crippen LogP contribution is 2.30. The first-order chi connectivity index (χ1) is 11.8. The van der Waals surface area contributed by atoms with Crippen LogP contribution in [-0.4, -0.2) is 36.7 Å². The molecule has 0 aliphatic heterocycles. The fraction of sp³-hybridized carbons (Fsp3) is 0.188. The lowest BCUT2D eigenvalue weighted by molar-refractivity contribution is -0.140. The molecule has 3 aromatic heterocycles. The molecule has 0 radical (unpaired) electrons. The largest absolute Gasteiger partial charge is 0.480 e. The van der Waals surface area contributed by atoms with Crippen LogP contribution >= 0.6 is 11.3 Å². The summed E-state index contributed by atoms with van der Waals surface area (Å²) in [5.41, 5.74) is 0.0169. The van der Waals surface area contributed by atoms with Crippen LogP contribution in [0, 0.1) is 6.92 Å². The standard InChI is InChI=1S/C16H13N3O5S/c1-7-10-13(25-11(7)16(23)24)18-12(9-5-3-4-6-17-9)19(14(10)20)8(2)15(21)22/h3-6,8H,1-2H3,(H,21,22)(H,23,24). The summed E-state index contributed by atoms with van der Waals surface area (Å²) in [6.07, 6.45) is 1.50. The van der Waals surface area contributed by atoms with Gasteiger partial charge in [0.15, 0.2) is 5.82 Å². The van der Waals surface area contributed by atoms with Crippen LogP contribution in [0.2, 0.25) is 0 Å². The number of aliphatic carboxylic acids is 1. The molecule has 0 bridgehead atoms. The molecule has 8 nitrogen and oxygen atoms in total. The first-order valence-electron chi connectivity index (χ1n) is 7.26. The molecule has 3 aromatic rings. The molecule has 0 fully saturated rings. The molecule has 25 heavy (non-hydrogen) atoms. The maximum atomic E-state index is 13.0. The number of thiophene rings is 1. The van der Waals surface area contributed by atoms with E-state index in [1.165, 1.54) is 20.0 Å². The summed E-state index contributed by atoms with van der Waals surface area (Å²) in [6, 6.07) is 3.80. The van der Waals surface area contributed by atoms with Crippen molar-refractivity contribution in [1.82, 2.24) is 14.5 Å². The molecular formula is C16H13N3O5S. The van der Waals surface area contributed by atoms with Gasteiger partial charge in [-0.1, -0.05) is 6.07 Å². The number of carbonyl (C=O) groups is 2. The number of aryl methyl sites for hydroxylation is 1. The summed E-state index contributed by atoms with van der Waals surface area (Å²) in [4.78, 5) is 44.5. The Labute approximate surface area is 145 Å². The zero-order valence-electron chi connectivity index (χ0n) is 13.3. The Balaban J connectivity index is 2.45. The molecule has 9 heteroatoms. The molecule has 0 saturated heterocycles. The molecule has 0 aliphatic carbocycles. The van der Waals surface area contributed by atoms with Crippen molar-refractivity contribution in [2.24, 2.45) is 0 Å². The van der Waals surface area contributed by atoms with Gasteiger partial charge in [-0.25, -0.2) is 14.6 Å². The van der Waals surface area contributed by atoms with Crippen molar-refractivity contribution in [3.63, 3.8) is 0 Å². The molecule has 1 unspecified atom stereocenters. The average Bonchev–Trinajstić information content (AvgIpc) is 2.92. The van der Waals surface area contributed by atoms with Crippen molar-refractivity contribution in [1.29, 1.82) is 0 Å². The molecular weight excluding hydrogens is 346 g/mol. The predicted molar refractivity (Wildman–Crippen MR) is 91.2 cm³/mol. The molecule has 3 heterocycles. The number of rotatable bonds is 4. The van der Waals surface area contributed by atoms with Crippen LogP contribution in [0.5, 0.6) is 0 Å². The number of nitrogens with zero attached hydrogens (tertiary/aromatic N) is 3. The van der Waals surface area contributed by atoms with E-state index < -0.39 is 23.5 Å². The van der Waals surface area contributed by atoms with Crippen molar-refractivity contribution >= 4 is 33.5 Å². The van der Waals surface area contributed by atoms with E-state index in [-0.39, 0.29) is 26.5 Å². The maximum absolute atomic E-state index is 13.0. The second-order valence-corrected chi connectivity index (χ2v) is 6.38. The first-order valence-corrected chi connectivity index (χ1v) is 8.07. The van der Waals surface area contributed by atoms with Gasteiger partial charge in [0.05, 0.1) is 5.39 Å². The van der Waals surface area contributed by atoms with E-state index in [1.54, 1.807) is 18.2 Å². The number of carboxylic acids is 2. The molecule has 0 saturated carbocycles. The van der Waals surface area contributed by atoms with E-state index in [1.807, 2.05) is 0 Å². The third-order valence-electron chi connectivity index (χ3n) is 3.83. The van der Waals surface area contributed by atoms with Gasteiger partial charge in [-0.15, -0.1) is 11.3 Å². The van der Waals surface area contributed by atoms with E-state index in [9.17, 15) is 24.6 Å². The lowest BCUT2D eigenvalue weighted by Crippen LogP contribution is -2.30. The Kier molecular flexibility index (Phi) is 4.09. The van der Waals surface area contributed by atoms with Crippen LogP contribution in [0.1, 0.15) is 28.2 Å². The molecule has 1 atom stereocenters. The molecule has 0 amide bonds. The second-order valence-electron chi connectivity index (χ2n) is 5.38. The van der Waals surface area contributed by atoms with Crippen LogP contribution in [0.15, 0.2) is 29.2 Å². The van der Waals surface area contributed by atoms with Gasteiger partial charge in [-0.3, -0.25) is 14.3 Å². The fourth-order valence-electron chi connectivity index (χ4n) is 2.54. The minimum atomic E-state index is -1.20. The van der Waals surface area contributed by atoms with Crippen LogP contribution in [0.4, 0.5) is 0 Å². The third kappa shape index (κ3) is 2.68. The van der Waals surface area contributed by atoms with Crippen LogP contribution in [0.3, 0.4) is 0 Å². The Bertz CT molecular complexity index is 1060. The van der Waals surface area contributed by atoms with Crippen molar-refractivity contribution in [2.45, 2.75) is 19.9 Å². The van der Waals surface area contributed by atoms with Gasteiger partial charge in [0.2, 0.25) is 0 Å². The highest BCUT2D eigenvalue weighted by Gasteiger charge is 2.26. The zero-order chi connectivity index (χ0) is 18.3. The number of hydrogen-bond acceptors (Lipinski definition) is 6. The van der Waals surface area contributed by atoms with Crippen molar-refractivity contribution < 1.29 is 19.8 Å². The number of aromatic carboxylic acids is 1. The summed E-state index contributed by atoms with van der Waals surface area (Å²) in [5, 5.41) is 18.8. The topological polar surface area (TPSA) is 122 Å². The van der Waals surface area contributed by atoms with Gasteiger partial charge in [0.1, 0.15) is 21.4 Å². The number of pyridine rings is 1. The van der Waals surface area contributed by atoms with E-state index in [0.29, 0.717) is 5.69 Å². The minimum absolute atomic E-state index is 0.00676. The smallest absolute Gasteiger partial charge is 0.346 e. The van der Waals surface area contributed by atoms with Gasteiger partial charge in [-0.05, 0) is 31.5 Å². The Hall–Kier alpha value is -3.07. The molecule has 0 aliphatic rings. The first kappa shape index (κ1) is 16.8.